The summed E-state index contributed by atoms with van der Waals surface area (Å²) in [4.78, 5) is 12.4. The SMILES string of the molecule is NC(=O)[C@]1(Cc2cc(C3CCCCC3)no2)CCN(S(=O)(=O)N2CCOCC2)C1. The topological polar surface area (TPSA) is 119 Å². The second-order valence-electron chi connectivity index (χ2n) is 8.48. The second kappa shape index (κ2) is 8.33. The number of ether oxygens (including phenoxy) is 1. The third-order valence-corrected chi connectivity index (χ3v) is 8.56. The Labute approximate surface area is 171 Å². The maximum Gasteiger partial charge on any atom is 0.282 e. The fourth-order valence-electron chi connectivity index (χ4n) is 4.74. The Bertz CT molecular complexity index is 829. The summed E-state index contributed by atoms with van der Waals surface area (Å²) in [5.74, 6) is 0.523. The molecule has 1 atom stereocenters. The summed E-state index contributed by atoms with van der Waals surface area (Å²) in [5.41, 5.74) is 5.73. The fourth-order valence-corrected chi connectivity index (χ4v) is 6.41. The number of nitrogens with two attached hydrogens (primary N) is 1. The van der Waals surface area contributed by atoms with Crippen molar-refractivity contribution in [3.05, 3.63) is 17.5 Å². The molecule has 2 N–H and O–H groups in total. The van der Waals surface area contributed by atoms with E-state index in [9.17, 15) is 13.2 Å². The minimum absolute atomic E-state index is 0.0709. The predicted octanol–water partition coefficient (Wildman–Crippen LogP) is 1.02. The van der Waals surface area contributed by atoms with Crippen molar-refractivity contribution < 1.29 is 22.5 Å². The van der Waals surface area contributed by atoms with E-state index in [2.05, 4.69) is 5.16 Å². The maximum absolute atomic E-state index is 13.0. The lowest BCUT2D eigenvalue weighted by molar-refractivity contribution is -0.127. The first-order chi connectivity index (χ1) is 13.9. The van der Waals surface area contributed by atoms with Crippen LogP contribution in [0.4, 0.5) is 0 Å². The van der Waals surface area contributed by atoms with Crippen LogP contribution in [0.25, 0.3) is 0 Å². The highest BCUT2D eigenvalue weighted by Crippen LogP contribution is 2.38. The van der Waals surface area contributed by atoms with Crippen LogP contribution in [-0.2, 0) is 26.2 Å². The summed E-state index contributed by atoms with van der Waals surface area (Å²) < 4.78 is 39.5. The molecule has 2 saturated heterocycles. The number of carbonyl (C=O) groups excluding carboxylic acids is 1. The Morgan fingerprint density at radius 3 is 2.59 bits per heavy atom. The lowest BCUT2D eigenvalue weighted by Crippen LogP contribution is -2.49. The van der Waals surface area contributed by atoms with Gasteiger partial charge in [-0.05, 0) is 19.3 Å². The number of carbonyl (C=O) groups is 1. The van der Waals surface area contributed by atoms with Crippen molar-refractivity contribution in [1.82, 2.24) is 13.8 Å². The van der Waals surface area contributed by atoms with E-state index in [0.29, 0.717) is 44.4 Å². The lowest BCUT2D eigenvalue weighted by atomic mass is 9.81. The quantitative estimate of drug-likeness (QED) is 0.725. The zero-order chi connectivity index (χ0) is 20.5. The van der Waals surface area contributed by atoms with Crippen LogP contribution < -0.4 is 5.73 Å². The minimum atomic E-state index is -3.64. The van der Waals surface area contributed by atoms with Crippen LogP contribution in [0.15, 0.2) is 10.6 Å². The molecule has 3 fully saturated rings. The zero-order valence-electron chi connectivity index (χ0n) is 16.7. The largest absolute Gasteiger partial charge is 0.379 e. The first kappa shape index (κ1) is 20.8. The van der Waals surface area contributed by atoms with E-state index in [1.165, 1.54) is 27.9 Å². The standard InChI is InChI=1S/C19H30N4O5S/c20-18(24)19(13-16-12-17(21-28-16)15-4-2-1-3-5-15)6-7-23(14-19)29(25,26)22-8-10-27-11-9-22/h12,15H,1-11,13-14H2,(H2,20,24)/t19-/m0/s1. The van der Waals surface area contributed by atoms with Crippen LogP contribution in [0.1, 0.15) is 55.9 Å². The molecular formula is C19H30N4O5S. The van der Waals surface area contributed by atoms with Gasteiger partial charge in [0.1, 0.15) is 5.76 Å². The number of aromatic nitrogens is 1. The number of hydrogen-bond acceptors (Lipinski definition) is 6. The molecule has 1 aromatic rings. The Balaban J connectivity index is 1.48. The van der Waals surface area contributed by atoms with Gasteiger partial charge in [-0.2, -0.15) is 17.0 Å². The van der Waals surface area contributed by atoms with Crippen molar-refractivity contribution in [2.24, 2.45) is 11.1 Å². The molecule has 2 aliphatic heterocycles. The summed E-state index contributed by atoms with van der Waals surface area (Å²) in [6.45, 7) is 1.77. The van der Waals surface area contributed by atoms with Crippen molar-refractivity contribution in [1.29, 1.82) is 0 Å². The molecule has 29 heavy (non-hydrogen) atoms. The molecular weight excluding hydrogens is 396 g/mol. The van der Waals surface area contributed by atoms with Crippen molar-refractivity contribution in [2.75, 3.05) is 39.4 Å². The number of rotatable bonds is 6. The number of morpholine rings is 1. The van der Waals surface area contributed by atoms with Gasteiger partial charge in [0.25, 0.3) is 10.2 Å². The Kier molecular flexibility index (Phi) is 5.97. The molecule has 0 bridgehead atoms. The van der Waals surface area contributed by atoms with Gasteiger partial charge in [-0.3, -0.25) is 4.79 Å². The van der Waals surface area contributed by atoms with Crippen molar-refractivity contribution in [3.8, 4) is 0 Å². The fraction of sp³-hybridized carbons (Fsp3) is 0.789. The van der Waals surface area contributed by atoms with Gasteiger partial charge in [0.05, 0.1) is 24.3 Å². The molecule has 1 aromatic heterocycles. The molecule has 0 aromatic carbocycles. The smallest absolute Gasteiger partial charge is 0.282 e. The average Bonchev–Trinajstić information content (AvgIpc) is 3.38. The molecule has 3 heterocycles. The van der Waals surface area contributed by atoms with E-state index in [4.69, 9.17) is 15.0 Å². The van der Waals surface area contributed by atoms with Gasteiger partial charge in [0, 0.05) is 44.6 Å². The highest BCUT2D eigenvalue weighted by atomic mass is 32.2. The number of amides is 1. The molecule has 9 nitrogen and oxygen atoms in total. The highest BCUT2D eigenvalue weighted by Gasteiger charge is 2.49. The maximum atomic E-state index is 13.0. The van der Waals surface area contributed by atoms with E-state index in [-0.39, 0.29) is 19.5 Å². The normalized spacial score (nSPS) is 28.0. The number of primary amides is 1. The van der Waals surface area contributed by atoms with E-state index < -0.39 is 21.5 Å². The van der Waals surface area contributed by atoms with Crippen molar-refractivity contribution >= 4 is 16.1 Å². The highest BCUT2D eigenvalue weighted by molar-refractivity contribution is 7.86. The van der Waals surface area contributed by atoms with E-state index >= 15 is 0 Å². The summed E-state index contributed by atoms with van der Waals surface area (Å²) in [6, 6.07) is 1.93. The van der Waals surface area contributed by atoms with Crippen molar-refractivity contribution in [2.45, 2.75) is 50.9 Å². The molecule has 0 radical (unpaired) electrons. The van der Waals surface area contributed by atoms with Gasteiger partial charge in [0.2, 0.25) is 5.91 Å². The predicted molar refractivity (Wildman–Crippen MR) is 105 cm³/mol. The van der Waals surface area contributed by atoms with Crippen LogP contribution in [0.3, 0.4) is 0 Å². The van der Waals surface area contributed by atoms with Gasteiger partial charge in [-0.25, -0.2) is 0 Å². The van der Waals surface area contributed by atoms with E-state index in [1.54, 1.807) is 0 Å². The van der Waals surface area contributed by atoms with Crippen LogP contribution in [-0.4, -0.2) is 67.5 Å². The third kappa shape index (κ3) is 4.21. The Hall–Kier alpha value is -1.49. The summed E-state index contributed by atoms with van der Waals surface area (Å²) in [6.07, 6.45) is 6.54. The van der Waals surface area contributed by atoms with Crippen molar-refractivity contribution in [3.63, 3.8) is 0 Å². The molecule has 4 rings (SSSR count). The molecule has 3 aliphatic rings. The van der Waals surface area contributed by atoms with Gasteiger partial charge in [0.15, 0.2) is 0 Å². The molecule has 0 spiro atoms. The average molecular weight is 427 g/mol. The van der Waals surface area contributed by atoms with Crippen LogP contribution in [0.5, 0.6) is 0 Å². The number of hydrogen-bond donors (Lipinski definition) is 1. The van der Waals surface area contributed by atoms with Gasteiger partial charge >= 0.3 is 0 Å². The summed E-state index contributed by atoms with van der Waals surface area (Å²) in [5, 5.41) is 4.23. The molecule has 0 unspecified atom stereocenters. The van der Waals surface area contributed by atoms with Crippen LogP contribution in [0, 0.1) is 5.41 Å². The molecule has 1 saturated carbocycles. The van der Waals surface area contributed by atoms with E-state index in [0.717, 1.165) is 18.5 Å². The van der Waals surface area contributed by atoms with E-state index in [1.807, 2.05) is 6.07 Å². The molecule has 1 aliphatic carbocycles. The monoisotopic (exact) mass is 426 g/mol. The van der Waals surface area contributed by atoms with Gasteiger partial charge < -0.3 is 15.0 Å². The molecule has 1 amide bonds. The minimum Gasteiger partial charge on any atom is -0.379 e. The summed E-state index contributed by atoms with van der Waals surface area (Å²) in [7, 11) is -3.64. The Morgan fingerprint density at radius 2 is 1.90 bits per heavy atom. The number of nitrogens with zero attached hydrogens (tertiary/aromatic N) is 3. The molecule has 162 valence electrons. The van der Waals surface area contributed by atoms with Crippen LogP contribution >= 0.6 is 0 Å². The lowest BCUT2D eigenvalue weighted by Gasteiger charge is -2.31. The van der Waals surface area contributed by atoms with Gasteiger partial charge in [-0.1, -0.05) is 24.4 Å². The van der Waals surface area contributed by atoms with Gasteiger partial charge in [-0.15, -0.1) is 0 Å². The first-order valence-electron chi connectivity index (χ1n) is 10.5. The first-order valence-corrected chi connectivity index (χ1v) is 11.9. The second-order valence-corrected chi connectivity index (χ2v) is 10.4. The summed E-state index contributed by atoms with van der Waals surface area (Å²) >= 11 is 0. The third-order valence-electron chi connectivity index (χ3n) is 6.58. The Morgan fingerprint density at radius 1 is 1.17 bits per heavy atom. The van der Waals surface area contributed by atoms with Crippen LogP contribution in [0.2, 0.25) is 0 Å². The zero-order valence-corrected chi connectivity index (χ0v) is 17.5. The molecule has 10 heteroatoms.